The van der Waals surface area contributed by atoms with Crippen molar-refractivity contribution < 1.29 is 4.79 Å². The van der Waals surface area contributed by atoms with Crippen LogP contribution in [0.25, 0.3) is 0 Å². The highest BCUT2D eigenvalue weighted by Crippen LogP contribution is 2.40. The monoisotopic (exact) mass is 349 g/mol. The maximum Gasteiger partial charge on any atom is 0.229 e. The molecule has 1 aromatic carbocycles. The molecule has 0 bridgehead atoms. The fourth-order valence-electron chi connectivity index (χ4n) is 4.50. The first-order valence-corrected chi connectivity index (χ1v) is 9.53. The number of amides is 1. The number of fused-ring (bicyclic) bond motifs is 1. The molecule has 136 valence electrons. The van der Waals surface area contributed by atoms with E-state index in [0.717, 1.165) is 56.8 Å². The number of hydrogen-bond donors (Lipinski definition) is 0. The molecule has 0 unspecified atom stereocenters. The lowest BCUT2D eigenvalue weighted by Gasteiger charge is -2.41. The summed E-state index contributed by atoms with van der Waals surface area (Å²) in [6, 6.07) is 14.7. The highest BCUT2D eigenvalue weighted by atomic mass is 16.2. The average Bonchev–Trinajstić information content (AvgIpc) is 2.73. The molecule has 2 aromatic rings. The second-order valence-corrected chi connectivity index (χ2v) is 7.93. The van der Waals surface area contributed by atoms with E-state index in [1.165, 1.54) is 11.1 Å². The predicted molar refractivity (Wildman–Crippen MR) is 103 cm³/mol. The van der Waals surface area contributed by atoms with Gasteiger partial charge in [0.2, 0.25) is 5.91 Å². The van der Waals surface area contributed by atoms with Gasteiger partial charge in [-0.2, -0.15) is 0 Å². The number of carbonyl (C=O) groups excluding carboxylic acids is 1. The summed E-state index contributed by atoms with van der Waals surface area (Å²) >= 11 is 0. The normalized spacial score (nSPS) is 20.1. The first kappa shape index (κ1) is 17.2. The summed E-state index contributed by atoms with van der Waals surface area (Å²) in [7, 11) is 1.95. The third kappa shape index (κ3) is 3.26. The first-order valence-electron chi connectivity index (χ1n) is 9.53. The number of rotatable bonds is 2. The van der Waals surface area contributed by atoms with Gasteiger partial charge in [0.05, 0.1) is 11.1 Å². The summed E-state index contributed by atoms with van der Waals surface area (Å²) < 4.78 is 0. The Hall–Kier alpha value is -2.20. The van der Waals surface area contributed by atoms with Crippen LogP contribution < -0.4 is 0 Å². The molecule has 4 rings (SSSR count). The molecule has 0 aliphatic carbocycles. The van der Waals surface area contributed by atoms with E-state index in [9.17, 15) is 4.79 Å². The maximum atomic E-state index is 13.2. The molecule has 2 aliphatic heterocycles. The van der Waals surface area contributed by atoms with Gasteiger partial charge in [-0.3, -0.25) is 14.7 Å². The van der Waals surface area contributed by atoms with Crippen molar-refractivity contribution in [3.05, 3.63) is 65.0 Å². The van der Waals surface area contributed by atoms with Gasteiger partial charge in [-0.15, -0.1) is 0 Å². The van der Waals surface area contributed by atoms with E-state index in [2.05, 4.69) is 46.3 Å². The lowest BCUT2D eigenvalue weighted by atomic mass is 9.73. The van der Waals surface area contributed by atoms with Gasteiger partial charge in [-0.1, -0.05) is 30.3 Å². The largest absolute Gasteiger partial charge is 0.341 e. The van der Waals surface area contributed by atoms with Gasteiger partial charge >= 0.3 is 0 Å². The molecule has 1 spiro atoms. The van der Waals surface area contributed by atoms with Gasteiger partial charge in [-0.05, 0) is 62.5 Å². The van der Waals surface area contributed by atoms with Gasteiger partial charge in [-0.25, -0.2) is 0 Å². The summed E-state index contributed by atoms with van der Waals surface area (Å²) in [5, 5.41) is 0. The Kier molecular flexibility index (Phi) is 4.53. The molecule has 0 N–H and O–H groups in total. The summed E-state index contributed by atoms with van der Waals surface area (Å²) in [6.07, 6.45) is 2.73. The van der Waals surface area contributed by atoms with E-state index >= 15 is 0 Å². The minimum Gasteiger partial charge on any atom is -0.341 e. The molecule has 4 heteroatoms. The Morgan fingerprint density at radius 3 is 2.50 bits per heavy atom. The van der Waals surface area contributed by atoms with E-state index in [-0.39, 0.29) is 5.41 Å². The number of hydrogen-bond acceptors (Lipinski definition) is 3. The van der Waals surface area contributed by atoms with E-state index in [1.807, 2.05) is 24.9 Å². The highest BCUT2D eigenvalue weighted by molar-refractivity contribution is 5.83. The molecule has 1 amide bonds. The molecule has 2 aliphatic rings. The molecular formula is C22H27N3O. The molecule has 4 nitrogen and oxygen atoms in total. The quantitative estimate of drug-likeness (QED) is 0.835. The van der Waals surface area contributed by atoms with Crippen LogP contribution in [0, 0.1) is 12.3 Å². The van der Waals surface area contributed by atoms with Crippen molar-refractivity contribution in [3.63, 3.8) is 0 Å². The van der Waals surface area contributed by atoms with Crippen molar-refractivity contribution in [2.45, 2.75) is 39.3 Å². The Bertz CT molecular complexity index is 809. The number of nitrogens with zero attached hydrogens (tertiary/aromatic N) is 3. The Morgan fingerprint density at radius 2 is 1.77 bits per heavy atom. The molecule has 0 atom stereocenters. The van der Waals surface area contributed by atoms with E-state index < -0.39 is 0 Å². The van der Waals surface area contributed by atoms with Crippen LogP contribution in [0.4, 0.5) is 0 Å². The molecule has 1 saturated heterocycles. The summed E-state index contributed by atoms with van der Waals surface area (Å²) in [4.78, 5) is 22.2. The van der Waals surface area contributed by atoms with Crippen LogP contribution in [0.1, 0.15) is 35.4 Å². The Morgan fingerprint density at radius 1 is 1.04 bits per heavy atom. The maximum absolute atomic E-state index is 13.2. The third-order valence-corrected chi connectivity index (χ3v) is 6.00. The second-order valence-electron chi connectivity index (χ2n) is 7.93. The van der Waals surface area contributed by atoms with Gasteiger partial charge in [0.15, 0.2) is 0 Å². The SMILES string of the molecule is Cc1cccc(CN2CCC3(CC2)Cc2ccccc2CN(C)C3=O)n1. The average molecular weight is 349 g/mol. The number of aromatic nitrogens is 1. The van der Waals surface area contributed by atoms with Crippen molar-refractivity contribution in [1.29, 1.82) is 0 Å². The standard InChI is InChI=1S/C22H27N3O/c1-17-6-5-9-20(23-17)16-25-12-10-22(11-13-25)14-18-7-3-4-8-19(18)15-24(2)21(22)26/h3-9H,10-16H2,1-2H3. The number of pyridine rings is 1. The second kappa shape index (κ2) is 6.84. The minimum absolute atomic E-state index is 0.238. The molecule has 26 heavy (non-hydrogen) atoms. The molecule has 0 saturated carbocycles. The lowest BCUT2D eigenvalue weighted by molar-refractivity contribution is -0.143. The molecular weight excluding hydrogens is 322 g/mol. The van der Waals surface area contributed by atoms with Crippen molar-refractivity contribution in [2.75, 3.05) is 20.1 Å². The van der Waals surface area contributed by atoms with Crippen LogP contribution in [-0.4, -0.2) is 40.8 Å². The zero-order chi connectivity index (χ0) is 18.1. The third-order valence-electron chi connectivity index (χ3n) is 6.00. The zero-order valence-electron chi connectivity index (χ0n) is 15.7. The molecule has 3 heterocycles. The van der Waals surface area contributed by atoms with Crippen molar-refractivity contribution in [2.24, 2.45) is 5.41 Å². The summed E-state index contributed by atoms with van der Waals surface area (Å²) in [5.74, 6) is 0.321. The number of carbonyl (C=O) groups is 1. The highest BCUT2D eigenvalue weighted by Gasteiger charge is 2.44. The summed E-state index contributed by atoms with van der Waals surface area (Å²) in [5.41, 5.74) is 4.59. The van der Waals surface area contributed by atoms with Gasteiger partial charge in [0.25, 0.3) is 0 Å². The molecule has 0 radical (unpaired) electrons. The number of benzene rings is 1. The van der Waals surface area contributed by atoms with Crippen molar-refractivity contribution in [1.82, 2.24) is 14.8 Å². The van der Waals surface area contributed by atoms with Crippen LogP contribution in [-0.2, 0) is 24.3 Å². The Balaban J connectivity index is 1.50. The summed E-state index contributed by atoms with van der Waals surface area (Å²) in [6.45, 7) is 5.55. The lowest BCUT2D eigenvalue weighted by Crippen LogP contribution is -2.49. The molecule has 1 aromatic heterocycles. The van der Waals surface area contributed by atoms with Crippen LogP contribution in [0.3, 0.4) is 0 Å². The minimum atomic E-state index is -0.238. The number of likely N-dealkylation sites (tertiary alicyclic amines) is 1. The van der Waals surface area contributed by atoms with E-state index in [4.69, 9.17) is 0 Å². The smallest absolute Gasteiger partial charge is 0.229 e. The Labute approximate surface area is 155 Å². The van der Waals surface area contributed by atoms with E-state index in [0.29, 0.717) is 5.91 Å². The van der Waals surface area contributed by atoms with Gasteiger partial charge < -0.3 is 4.90 Å². The predicted octanol–water partition coefficient (Wildman–Crippen LogP) is 3.19. The van der Waals surface area contributed by atoms with Crippen molar-refractivity contribution in [3.8, 4) is 0 Å². The van der Waals surface area contributed by atoms with Crippen molar-refractivity contribution >= 4 is 5.91 Å². The van der Waals surface area contributed by atoms with Gasteiger partial charge in [0.1, 0.15) is 0 Å². The number of aryl methyl sites for hydroxylation is 1. The van der Waals surface area contributed by atoms with Crippen LogP contribution in [0.2, 0.25) is 0 Å². The van der Waals surface area contributed by atoms with Gasteiger partial charge in [0, 0.05) is 25.8 Å². The molecule has 1 fully saturated rings. The van der Waals surface area contributed by atoms with Crippen LogP contribution >= 0.6 is 0 Å². The fourth-order valence-corrected chi connectivity index (χ4v) is 4.50. The van der Waals surface area contributed by atoms with Crippen LogP contribution in [0.15, 0.2) is 42.5 Å². The van der Waals surface area contributed by atoms with Crippen LogP contribution in [0.5, 0.6) is 0 Å². The topological polar surface area (TPSA) is 36.4 Å². The first-order chi connectivity index (χ1) is 12.6. The van der Waals surface area contributed by atoms with E-state index in [1.54, 1.807) is 0 Å². The number of piperidine rings is 1. The fraction of sp³-hybridized carbons (Fsp3) is 0.455. The zero-order valence-corrected chi connectivity index (χ0v) is 15.7.